The summed E-state index contributed by atoms with van der Waals surface area (Å²) in [5.74, 6) is 0.969. The molecule has 6 heteroatoms. The minimum atomic E-state index is 0.0590. The first-order valence-corrected chi connectivity index (χ1v) is 11.2. The van der Waals surface area contributed by atoms with Gasteiger partial charge in [0.15, 0.2) is 0 Å². The Bertz CT molecular complexity index is 993. The first-order valence-electron chi connectivity index (χ1n) is 11.2. The molecule has 2 heterocycles. The summed E-state index contributed by atoms with van der Waals surface area (Å²) >= 11 is 0. The molecule has 4 rings (SSSR count). The summed E-state index contributed by atoms with van der Waals surface area (Å²) in [6, 6.07) is 18.7. The smallest absolute Gasteiger partial charge is 0.224 e. The largest absolute Gasteiger partial charge is 0.497 e. The number of methoxy groups -OCH3 is 1. The van der Waals surface area contributed by atoms with Gasteiger partial charge in [-0.05, 0) is 78.4 Å². The number of aliphatic hydroxyl groups excluding tert-OH is 1. The van der Waals surface area contributed by atoms with Gasteiger partial charge in [0.05, 0.1) is 13.5 Å². The van der Waals surface area contributed by atoms with Crippen LogP contribution in [0.15, 0.2) is 67.0 Å². The molecule has 1 aromatic heterocycles. The predicted molar refractivity (Wildman–Crippen MR) is 135 cm³/mol. The van der Waals surface area contributed by atoms with Crippen molar-refractivity contribution < 1.29 is 14.6 Å². The molecule has 33 heavy (non-hydrogen) atoms. The van der Waals surface area contributed by atoms with Crippen molar-refractivity contribution >= 4 is 11.6 Å². The molecule has 0 saturated carbocycles. The van der Waals surface area contributed by atoms with Crippen molar-refractivity contribution in [2.24, 2.45) is 0 Å². The number of carbonyl (C=O) groups excluding carboxylic acids is 1. The first kappa shape index (κ1) is 25.9. The zero-order valence-corrected chi connectivity index (χ0v) is 20.0. The highest BCUT2D eigenvalue weighted by Crippen LogP contribution is 2.31. The Hall–Kier alpha value is -3.38. The lowest BCUT2D eigenvalue weighted by atomic mass is 9.96. The zero-order chi connectivity index (χ0) is 24.1. The molecule has 0 atom stereocenters. The third-order valence-electron chi connectivity index (χ3n) is 5.32. The van der Waals surface area contributed by atoms with Gasteiger partial charge in [0.25, 0.3) is 0 Å². The van der Waals surface area contributed by atoms with Crippen molar-refractivity contribution in [3.8, 4) is 16.9 Å². The van der Waals surface area contributed by atoms with E-state index in [9.17, 15) is 4.79 Å². The second kappa shape index (κ2) is 13.9. The number of anilines is 1. The van der Waals surface area contributed by atoms with Gasteiger partial charge in [-0.25, -0.2) is 0 Å². The van der Waals surface area contributed by atoms with E-state index < -0.39 is 0 Å². The molecule has 2 aromatic carbocycles. The van der Waals surface area contributed by atoms with E-state index in [4.69, 9.17) is 9.84 Å². The topological polar surface area (TPSA) is 74.7 Å². The highest BCUT2D eigenvalue weighted by atomic mass is 16.5. The molecule has 0 spiro atoms. The molecule has 0 unspecified atom stereocenters. The van der Waals surface area contributed by atoms with Crippen LogP contribution in [0.4, 0.5) is 5.69 Å². The number of fused-ring (bicyclic) bond motifs is 1. The van der Waals surface area contributed by atoms with Crippen molar-refractivity contribution in [1.82, 2.24) is 10.3 Å². The van der Waals surface area contributed by atoms with Crippen molar-refractivity contribution in [2.45, 2.75) is 26.2 Å². The average Bonchev–Trinajstić information content (AvgIpc) is 2.86. The summed E-state index contributed by atoms with van der Waals surface area (Å²) in [7, 11) is 4.88. The van der Waals surface area contributed by atoms with Crippen LogP contribution in [0.3, 0.4) is 0 Å². The van der Waals surface area contributed by atoms with Gasteiger partial charge in [-0.1, -0.05) is 18.2 Å². The zero-order valence-electron chi connectivity index (χ0n) is 20.0. The minimum Gasteiger partial charge on any atom is -0.497 e. The maximum Gasteiger partial charge on any atom is 0.224 e. The van der Waals surface area contributed by atoms with E-state index in [1.807, 2.05) is 31.2 Å². The van der Waals surface area contributed by atoms with Gasteiger partial charge in [0.2, 0.25) is 5.91 Å². The number of aryl methyl sites for hydroxylation is 1. The van der Waals surface area contributed by atoms with Crippen LogP contribution in [-0.2, 0) is 17.6 Å². The van der Waals surface area contributed by atoms with Crippen molar-refractivity contribution in [3.05, 3.63) is 78.1 Å². The Morgan fingerprint density at radius 3 is 2.52 bits per heavy atom. The Morgan fingerprint density at radius 2 is 1.82 bits per heavy atom. The van der Waals surface area contributed by atoms with Gasteiger partial charge in [0.1, 0.15) is 5.75 Å². The van der Waals surface area contributed by atoms with E-state index in [2.05, 4.69) is 52.6 Å². The summed E-state index contributed by atoms with van der Waals surface area (Å²) in [5.41, 5.74) is 6.31. The van der Waals surface area contributed by atoms with Gasteiger partial charge in [-0.3, -0.25) is 9.78 Å². The summed E-state index contributed by atoms with van der Waals surface area (Å²) in [5, 5.41) is 9.73. The van der Waals surface area contributed by atoms with E-state index >= 15 is 0 Å². The number of nitrogens with one attached hydrogen (secondary N) is 1. The number of rotatable bonds is 5. The van der Waals surface area contributed by atoms with Crippen LogP contribution in [-0.4, -0.2) is 50.4 Å². The van der Waals surface area contributed by atoms with E-state index in [0.29, 0.717) is 13.0 Å². The van der Waals surface area contributed by atoms with Crippen LogP contribution < -0.4 is 15.0 Å². The third kappa shape index (κ3) is 7.91. The molecule has 0 fully saturated rings. The molecule has 1 amide bonds. The summed E-state index contributed by atoms with van der Waals surface area (Å²) in [6.45, 7) is 3.75. The van der Waals surface area contributed by atoms with E-state index in [1.165, 1.54) is 35.2 Å². The molecule has 0 aliphatic carbocycles. The maximum absolute atomic E-state index is 11.1. The minimum absolute atomic E-state index is 0.0590. The SMILES string of the molecule is CCNC(=O)Cc1ccncc1.CO.COc1cccc(-c2ccc3c(c2)CCCN3C)c1. The summed E-state index contributed by atoms with van der Waals surface area (Å²) < 4.78 is 5.30. The van der Waals surface area contributed by atoms with Crippen LogP contribution >= 0.6 is 0 Å². The molecule has 3 aromatic rings. The molecule has 176 valence electrons. The number of nitrogens with zero attached hydrogens (tertiary/aromatic N) is 2. The van der Waals surface area contributed by atoms with Crippen LogP contribution in [0.1, 0.15) is 24.5 Å². The molecule has 1 aliphatic heterocycles. The van der Waals surface area contributed by atoms with Gasteiger partial charge in [-0.15, -0.1) is 0 Å². The number of aliphatic hydroxyl groups is 1. The summed E-state index contributed by atoms with van der Waals surface area (Å²) in [6.07, 6.45) is 6.24. The van der Waals surface area contributed by atoms with Gasteiger partial charge in [0, 0.05) is 45.3 Å². The number of hydrogen-bond acceptors (Lipinski definition) is 5. The number of benzene rings is 2. The number of amides is 1. The number of pyridine rings is 1. The summed E-state index contributed by atoms with van der Waals surface area (Å²) in [4.78, 5) is 17.3. The maximum atomic E-state index is 11.1. The molecule has 1 aliphatic rings. The highest BCUT2D eigenvalue weighted by Gasteiger charge is 2.14. The van der Waals surface area contributed by atoms with E-state index in [-0.39, 0.29) is 5.91 Å². The second-order valence-electron chi connectivity index (χ2n) is 7.59. The first-order chi connectivity index (χ1) is 16.1. The predicted octanol–water partition coefficient (Wildman–Crippen LogP) is 4.11. The fourth-order valence-electron chi connectivity index (χ4n) is 3.71. The monoisotopic (exact) mass is 449 g/mol. The number of carbonyl (C=O) groups is 1. The standard InChI is InChI=1S/C17H19NO.C9H12N2O.CH4O/c1-18-10-4-6-15-11-14(8-9-17(15)18)13-5-3-7-16(12-13)19-2;1-2-11-9(12)7-8-3-5-10-6-4-8;1-2/h3,5,7-9,11-12H,4,6,10H2,1-2H3;3-6H,2,7H2,1H3,(H,11,12);2H,1H3. The highest BCUT2D eigenvalue weighted by molar-refractivity contribution is 5.78. The van der Waals surface area contributed by atoms with Crippen molar-refractivity contribution in [3.63, 3.8) is 0 Å². The number of ether oxygens (including phenoxy) is 1. The molecule has 0 radical (unpaired) electrons. The van der Waals surface area contributed by atoms with Crippen molar-refractivity contribution in [2.75, 3.05) is 39.3 Å². The molecular formula is C27H35N3O3. The van der Waals surface area contributed by atoms with E-state index in [0.717, 1.165) is 25.0 Å². The fraction of sp³-hybridized carbons (Fsp3) is 0.333. The third-order valence-corrected chi connectivity index (χ3v) is 5.32. The Kier molecular flexibility index (Phi) is 10.9. The molecule has 2 N–H and O–H groups in total. The molecule has 6 nitrogen and oxygen atoms in total. The lowest BCUT2D eigenvalue weighted by Crippen LogP contribution is -2.24. The fourth-order valence-corrected chi connectivity index (χ4v) is 3.71. The molecule has 0 bridgehead atoms. The van der Waals surface area contributed by atoms with Crippen LogP contribution in [0.5, 0.6) is 5.75 Å². The van der Waals surface area contributed by atoms with Gasteiger partial charge >= 0.3 is 0 Å². The van der Waals surface area contributed by atoms with Gasteiger partial charge in [-0.2, -0.15) is 0 Å². The quantitative estimate of drug-likeness (QED) is 0.613. The number of likely N-dealkylation sites (N-methyl/N-ethyl adjacent to an activating group) is 1. The number of aromatic nitrogens is 1. The average molecular weight is 450 g/mol. The molecule has 0 saturated heterocycles. The molecular weight excluding hydrogens is 414 g/mol. The Morgan fingerprint density at radius 1 is 1.09 bits per heavy atom. The van der Waals surface area contributed by atoms with Gasteiger partial charge < -0.3 is 20.1 Å². The van der Waals surface area contributed by atoms with E-state index in [1.54, 1.807) is 19.5 Å². The van der Waals surface area contributed by atoms with Crippen LogP contribution in [0.2, 0.25) is 0 Å². The van der Waals surface area contributed by atoms with Crippen LogP contribution in [0.25, 0.3) is 11.1 Å². The Balaban J connectivity index is 0.000000238. The Labute approximate surface area is 197 Å². The normalized spacial score (nSPS) is 11.7. The lowest BCUT2D eigenvalue weighted by Gasteiger charge is -2.27. The number of hydrogen-bond donors (Lipinski definition) is 2. The lowest BCUT2D eigenvalue weighted by molar-refractivity contribution is -0.120. The van der Waals surface area contributed by atoms with Crippen LogP contribution in [0, 0.1) is 0 Å². The van der Waals surface area contributed by atoms with Crippen molar-refractivity contribution in [1.29, 1.82) is 0 Å². The second-order valence-corrected chi connectivity index (χ2v) is 7.59.